The second-order valence-electron chi connectivity index (χ2n) is 3.70. The van der Waals surface area contributed by atoms with Crippen LogP contribution in [0.4, 0.5) is 0 Å². The van der Waals surface area contributed by atoms with E-state index in [4.69, 9.17) is 5.26 Å². The predicted molar refractivity (Wildman–Crippen MR) is 72.9 cm³/mol. The number of aromatic nitrogens is 1. The van der Waals surface area contributed by atoms with Gasteiger partial charge in [-0.1, -0.05) is 19.9 Å². The molecule has 1 rings (SSSR count). The molecule has 0 bridgehead atoms. The normalized spacial score (nSPS) is 10.5. The van der Waals surface area contributed by atoms with E-state index in [2.05, 4.69) is 29.8 Å². The van der Waals surface area contributed by atoms with Crippen LogP contribution in [0.25, 0.3) is 0 Å². The van der Waals surface area contributed by atoms with Crippen LogP contribution in [-0.4, -0.2) is 35.3 Å². The van der Waals surface area contributed by atoms with Gasteiger partial charge in [-0.2, -0.15) is 17.0 Å². The third-order valence-corrected chi connectivity index (χ3v) is 3.69. The summed E-state index contributed by atoms with van der Waals surface area (Å²) in [5, 5.41) is 8.91. The number of thioether (sulfide) groups is 1. The highest BCUT2D eigenvalue weighted by Gasteiger charge is 2.03. The molecule has 1 heterocycles. The van der Waals surface area contributed by atoms with Gasteiger partial charge in [0.15, 0.2) is 0 Å². The van der Waals surface area contributed by atoms with Gasteiger partial charge in [-0.05, 0) is 24.7 Å². The van der Waals surface area contributed by atoms with Crippen molar-refractivity contribution in [3.63, 3.8) is 0 Å². The van der Waals surface area contributed by atoms with Crippen LogP contribution in [0.5, 0.6) is 0 Å². The number of hydrogen-bond acceptors (Lipinski definition) is 4. The zero-order valence-corrected chi connectivity index (χ0v) is 11.3. The monoisotopic (exact) mass is 249 g/mol. The molecule has 0 amide bonds. The Morgan fingerprint density at radius 3 is 2.82 bits per heavy atom. The average molecular weight is 249 g/mol. The van der Waals surface area contributed by atoms with E-state index in [1.54, 1.807) is 6.20 Å². The van der Waals surface area contributed by atoms with Gasteiger partial charge in [0.25, 0.3) is 0 Å². The molecule has 0 spiro atoms. The van der Waals surface area contributed by atoms with Crippen molar-refractivity contribution in [2.45, 2.75) is 19.6 Å². The SMILES string of the molecule is CCN(CC)CCSCc1cccnc1C#N. The highest BCUT2D eigenvalue weighted by Crippen LogP contribution is 2.14. The molecular weight excluding hydrogens is 230 g/mol. The van der Waals surface area contributed by atoms with Crippen LogP contribution in [0, 0.1) is 11.3 Å². The van der Waals surface area contributed by atoms with E-state index in [1.807, 2.05) is 23.9 Å². The predicted octanol–water partition coefficient (Wildman–Crippen LogP) is 2.53. The van der Waals surface area contributed by atoms with Gasteiger partial charge in [0.1, 0.15) is 11.8 Å². The highest BCUT2D eigenvalue weighted by atomic mass is 32.2. The molecule has 1 aromatic rings. The fourth-order valence-electron chi connectivity index (χ4n) is 1.57. The Morgan fingerprint density at radius 1 is 1.41 bits per heavy atom. The Bertz CT molecular complexity index is 369. The molecule has 92 valence electrons. The van der Waals surface area contributed by atoms with Crippen LogP contribution in [0.1, 0.15) is 25.1 Å². The van der Waals surface area contributed by atoms with Crippen molar-refractivity contribution in [1.29, 1.82) is 5.26 Å². The van der Waals surface area contributed by atoms with Crippen LogP contribution < -0.4 is 0 Å². The second kappa shape index (κ2) is 8.10. The van der Waals surface area contributed by atoms with E-state index in [0.29, 0.717) is 5.69 Å². The molecule has 0 saturated heterocycles. The fraction of sp³-hybridized carbons (Fsp3) is 0.538. The Kier molecular flexibility index (Phi) is 6.68. The summed E-state index contributed by atoms with van der Waals surface area (Å²) < 4.78 is 0. The first-order valence-electron chi connectivity index (χ1n) is 5.95. The molecule has 17 heavy (non-hydrogen) atoms. The molecule has 0 unspecified atom stereocenters. The summed E-state index contributed by atoms with van der Waals surface area (Å²) in [6.07, 6.45) is 1.67. The van der Waals surface area contributed by atoms with Gasteiger partial charge in [0.05, 0.1) is 0 Å². The minimum atomic E-state index is 0.558. The van der Waals surface area contributed by atoms with E-state index in [-0.39, 0.29) is 0 Å². The van der Waals surface area contributed by atoms with Gasteiger partial charge in [-0.15, -0.1) is 0 Å². The quantitative estimate of drug-likeness (QED) is 0.696. The largest absolute Gasteiger partial charge is 0.303 e. The Morgan fingerprint density at radius 2 is 2.18 bits per heavy atom. The molecule has 0 N–H and O–H groups in total. The van der Waals surface area contributed by atoms with E-state index < -0.39 is 0 Å². The number of nitriles is 1. The van der Waals surface area contributed by atoms with Crippen molar-refractivity contribution >= 4 is 11.8 Å². The molecule has 0 atom stereocenters. The molecule has 0 aliphatic rings. The molecule has 0 aliphatic heterocycles. The number of hydrogen-bond donors (Lipinski definition) is 0. The summed E-state index contributed by atoms with van der Waals surface area (Å²) >= 11 is 1.86. The van der Waals surface area contributed by atoms with Gasteiger partial charge < -0.3 is 4.90 Å². The average Bonchev–Trinajstić information content (AvgIpc) is 2.39. The first-order chi connectivity index (χ1) is 8.31. The van der Waals surface area contributed by atoms with Gasteiger partial charge in [0.2, 0.25) is 0 Å². The van der Waals surface area contributed by atoms with Gasteiger partial charge in [-0.25, -0.2) is 4.98 Å². The Balaban J connectivity index is 2.34. The third kappa shape index (κ3) is 4.76. The van der Waals surface area contributed by atoms with Gasteiger partial charge in [0, 0.05) is 24.2 Å². The maximum atomic E-state index is 8.91. The Labute approximate surface area is 108 Å². The molecular formula is C13H19N3S. The summed E-state index contributed by atoms with van der Waals surface area (Å²) in [6.45, 7) is 7.69. The van der Waals surface area contributed by atoms with E-state index in [0.717, 1.165) is 36.7 Å². The van der Waals surface area contributed by atoms with E-state index in [1.165, 1.54) is 0 Å². The van der Waals surface area contributed by atoms with Crippen LogP contribution >= 0.6 is 11.8 Å². The molecule has 4 heteroatoms. The molecule has 0 radical (unpaired) electrons. The van der Waals surface area contributed by atoms with Crippen molar-refractivity contribution in [3.05, 3.63) is 29.6 Å². The van der Waals surface area contributed by atoms with Gasteiger partial charge >= 0.3 is 0 Å². The van der Waals surface area contributed by atoms with Crippen LogP contribution in [0.15, 0.2) is 18.3 Å². The molecule has 0 aliphatic carbocycles. The number of rotatable bonds is 7. The van der Waals surface area contributed by atoms with Crippen molar-refractivity contribution in [2.75, 3.05) is 25.4 Å². The first kappa shape index (κ1) is 14.0. The lowest BCUT2D eigenvalue weighted by atomic mass is 10.2. The summed E-state index contributed by atoms with van der Waals surface area (Å²) in [5.74, 6) is 1.97. The third-order valence-electron chi connectivity index (χ3n) is 2.70. The first-order valence-corrected chi connectivity index (χ1v) is 7.11. The highest BCUT2D eigenvalue weighted by molar-refractivity contribution is 7.98. The van der Waals surface area contributed by atoms with Crippen LogP contribution in [0.3, 0.4) is 0 Å². The zero-order chi connectivity index (χ0) is 12.5. The van der Waals surface area contributed by atoms with E-state index in [9.17, 15) is 0 Å². The molecule has 1 aromatic heterocycles. The maximum Gasteiger partial charge on any atom is 0.144 e. The van der Waals surface area contributed by atoms with Crippen molar-refractivity contribution in [1.82, 2.24) is 9.88 Å². The summed E-state index contributed by atoms with van der Waals surface area (Å²) in [7, 11) is 0. The lowest BCUT2D eigenvalue weighted by molar-refractivity contribution is 0.324. The lowest BCUT2D eigenvalue weighted by Gasteiger charge is -2.17. The lowest BCUT2D eigenvalue weighted by Crippen LogP contribution is -2.25. The number of nitrogens with zero attached hydrogens (tertiary/aromatic N) is 3. The van der Waals surface area contributed by atoms with Crippen LogP contribution in [-0.2, 0) is 5.75 Å². The molecule has 0 saturated carbocycles. The van der Waals surface area contributed by atoms with Gasteiger partial charge in [-0.3, -0.25) is 0 Å². The smallest absolute Gasteiger partial charge is 0.144 e. The number of pyridine rings is 1. The second-order valence-corrected chi connectivity index (χ2v) is 4.81. The maximum absolute atomic E-state index is 8.91. The topological polar surface area (TPSA) is 39.9 Å². The molecule has 0 fully saturated rings. The van der Waals surface area contributed by atoms with Crippen molar-refractivity contribution < 1.29 is 0 Å². The summed E-state index contributed by atoms with van der Waals surface area (Å²) in [4.78, 5) is 6.46. The summed E-state index contributed by atoms with van der Waals surface area (Å²) in [5.41, 5.74) is 1.60. The molecule has 0 aromatic carbocycles. The van der Waals surface area contributed by atoms with Crippen LogP contribution in [0.2, 0.25) is 0 Å². The molecule has 3 nitrogen and oxygen atoms in total. The standard InChI is InChI=1S/C13H19N3S/c1-3-16(4-2)8-9-17-11-12-6-5-7-15-13(12)10-14/h5-7H,3-4,8-9,11H2,1-2H3. The summed E-state index contributed by atoms with van der Waals surface area (Å²) in [6, 6.07) is 6.00. The Hall–Kier alpha value is -1.05. The minimum Gasteiger partial charge on any atom is -0.303 e. The van der Waals surface area contributed by atoms with E-state index >= 15 is 0 Å². The minimum absolute atomic E-state index is 0.558. The van der Waals surface area contributed by atoms with Crippen molar-refractivity contribution in [2.24, 2.45) is 0 Å². The fourth-order valence-corrected chi connectivity index (χ4v) is 2.56. The van der Waals surface area contributed by atoms with Crippen molar-refractivity contribution in [3.8, 4) is 6.07 Å². The zero-order valence-electron chi connectivity index (χ0n) is 10.5.